The topological polar surface area (TPSA) is 55.8 Å². The van der Waals surface area contributed by atoms with Gasteiger partial charge >= 0.3 is 5.97 Å². The number of hydrogen-bond donors (Lipinski definition) is 1. The Morgan fingerprint density at radius 1 is 1.50 bits per heavy atom. The summed E-state index contributed by atoms with van der Waals surface area (Å²) in [7, 11) is 0. The van der Waals surface area contributed by atoms with Gasteiger partial charge in [0.05, 0.1) is 13.2 Å². The first-order valence-corrected chi connectivity index (χ1v) is 5.27. The van der Waals surface area contributed by atoms with Crippen molar-refractivity contribution in [1.82, 2.24) is 0 Å². The van der Waals surface area contributed by atoms with E-state index in [0.29, 0.717) is 17.4 Å². The molecule has 1 heterocycles. The van der Waals surface area contributed by atoms with Gasteiger partial charge in [-0.3, -0.25) is 4.79 Å². The lowest BCUT2D eigenvalue weighted by molar-refractivity contribution is -0.143. The molecule has 2 rings (SSSR count). The van der Waals surface area contributed by atoms with E-state index < -0.39 is 18.0 Å². The largest absolute Gasteiger partial charge is 0.487 e. The molecule has 0 amide bonds. The van der Waals surface area contributed by atoms with E-state index >= 15 is 0 Å². The third-order valence-corrected chi connectivity index (χ3v) is 2.66. The minimum Gasteiger partial charge on any atom is -0.487 e. The minimum absolute atomic E-state index is 0.195. The summed E-state index contributed by atoms with van der Waals surface area (Å²) in [6.45, 7) is 0.490. The summed E-state index contributed by atoms with van der Waals surface area (Å²) in [4.78, 5) is 10.9. The molecule has 0 bridgehead atoms. The molecule has 16 heavy (non-hydrogen) atoms. The fourth-order valence-corrected chi connectivity index (χ4v) is 1.78. The van der Waals surface area contributed by atoms with Gasteiger partial charge in [0.25, 0.3) is 0 Å². The van der Waals surface area contributed by atoms with Gasteiger partial charge in [-0.1, -0.05) is 17.7 Å². The Hall–Kier alpha value is -1.26. The van der Waals surface area contributed by atoms with Crippen LogP contribution < -0.4 is 4.74 Å². The second-order valence-electron chi connectivity index (χ2n) is 3.60. The number of benzene rings is 1. The van der Waals surface area contributed by atoms with E-state index in [1.807, 2.05) is 0 Å². The Balaban J connectivity index is 2.06. The predicted molar refractivity (Wildman–Crippen MR) is 57.8 cm³/mol. The summed E-state index contributed by atoms with van der Waals surface area (Å²) in [6.07, 6.45) is -0.448. The Kier molecular flexibility index (Phi) is 3.31. The summed E-state index contributed by atoms with van der Waals surface area (Å²) in [5.41, 5.74) is 0. The maximum atomic E-state index is 10.9. The monoisotopic (exact) mass is 242 g/mol. The zero-order valence-electron chi connectivity index (χ0n) is 8.43. The number of carbonyl (C=O) groups is 1. The highest BCUT2D eigenvalue weighted by molar-refractivity contribution is 6.30. The van der Waals surface area contributed by atoms with Crippen molar-refractivity contribution >= 4 is 17.6 Å². The number of carboxylic acids is 1. The van der Waals surface area contributed by atoms with Gasteiger partial charge in [-0.25, -0.2) is 0 Å². The van der Waals surface area contributed by atoms with E-state index in [1.165, 1.54) is 0 Å². The standard InChI is InChI=1S/C11H11ClO4/c12-7-2-1-3-8(4-7)16-10-6-15-5-9(10)11(13)14/h1-4,9-10H,5-6H2,(H,13,14). The molecule has 1 fully saturated rings. The Morgan fingerprint density at radius 3 is 3.00 bits per heavy atom. The van der Waals surface area contributed by atoms with Crippen molar-refractivity contribution in [3.8, 4) is 5.75 Å². The smallest absolute Gasteiger partial charge is 0.312 e. The van der Waals surface area contributed by atoms with Gasteiger partial charge in [0.2, 0.25) is 0 Å². The van der Waals surface area contributed by atoms with Crippen LogP contribution in [0.15, 0.2) is 24.3 Å². The van der Waals surface area contributed by atoms with Crippen LogP contribution in [0.3, 0.4) is 0 Å². The molecule has 4 nitrogen and oxygen atoms in total. The van der Waals surface area contributed by atoms with Crippen molar-refractivity contribution in [2.24, 2.45) is 5.92 Å². The van der Waals surface area contributed by atoms with Crippen molar-refractivity contribution in [2.75, 3.05) is 13.2 Å². The van der Waals surface area contributed by atoms with E-state index in [2.05, 4.69) is 0 Å². The Labute approximate surface area is 97.7 Å². The highest BCUT2D eigenvalue weighted by Gasteiger charge is 2.35. The summed E-state index contributed by atoms with van der Waals surface area (Å²) in [5, 5.41) is 9.49. The molecule has 86 valence electrons. The molecule has 0 aromatic heterocycles. The molecule has 1 aliphatic rings. The maximum Gasteiger partial charge on any atom is 0.312 e. The highest BCUT2D eigenvalue weighted by Crippen LogP contribution is 2.23. The average molecular weight is 243 g/mol. The molecule has 1 aliphatic heterocycles. The van der Waals surface area contributed by atoms with Crippen LogP contribution >= 0.6 is 11.6 Å². The summed E-state index contributed by atoms with van der Waals surface area (Å²) in [5.74, 6) is -0.947. The molecule has 2 unspecified atom stereocenters. The van der Waals surface area contributed by atoms with Gasteiger partial charge in [-0.2, -0.15) is 0 Å². The van der Waals surface area contributed by atoms with Crippen LogP contribution in [0.1, 0.15) is 0 Å². The lowest BCUT2D eigenvalue weighted by Crippen LogP contribution is -2.31. The maximum absolute atomic E-state index is 10.9. The van der Waals surface area contributed by atoms with Crippen LogP contribution in [0.5, 0.6) is 5.75 Å². The first-order valence-electron chi connectivity index (χ1n) is 4.89. The van der Waals surface area contributed by atoms with E-state index in [1.54, 1.807) is 24.3 Å². The van der Waals surface area contributed by atoms with Crippen molar-refractivity contribution in [1.29, 1.82) is 0 Å². The number of ether oxygens (including phenoxy) is 2. The SMILES string of the molecule is O=C(O)C1COCC1Oc1cccc(Cl)c1. The third-order valence-electron chi connectivity index (χ3n) is 2.43. The Bertz CT molecular complexity index is 393. The van der Waals surface area contributed by atoms with Gasteiger partial charge in [0.1, 0.15) is 17.8 Å². The minimum atomic E-state index is -0.899. The zero-order valence-corrected chi connectivity index (χ0v) is 9.18. The fraction of sp³-hybridized carbons (Fsp3) is 0.364. The molecular weight excluding hydrogens is 232 g/mol. The van der Waals surface area contributed by atoms with Crippen molar-refractivity contribution in [3.63, 3.8) is 0 Å². The molecule has 2 atom stereocenters. The Morgan fingerprint density at radius 2 is 2.31 bits per heavy atom. The number of aliphatic carboxylic acids is 1. The van der Waals surface area contributed by atoms with Crippen molar-refractivity contribution < 1.29 is 19.4 Å². The molecular formula is C11H11ClO4. The second kappa shape index (κ2) is 4.72. The van der Waals surface area contributed by atoms with Crippen LogP contribution in [0.2, 0.25) is 5.02 Å². The van der Waals surface area contributed by atoms with Gasteiger partial charge in [-0.15, -0.1) is 0 Å². The summed E-state index contributed by atoms with van der Waals surface area (Å²) < 4.78 is 10.6. The van der Waals surface area contributed by atoms with Crippen molar-refractivity contribution in [3.05, 3.63) is 29.3 Å². The number of halogens is 1. The van der Waals surface area contributed by atoms with Crippen LogP contribution in [0.4, 0.5) is 0 Å². The number of hydrogen-bond acceptors (Lipinski definition) is 3. The molecule has 1 aromatic carbocycles. The van der Waals surface area contributed by atoms with E-state index in [4.69, 9.17) is 26.2 Å². The third kappa shape index (κ3) is 2.46. The predicted octanol–water partition coefficient (Wildman–Crippen LogP) is 1.82. The molecule has 1 aromatic rings. The molecule has 5 heteroatoms. The quantitative estimate of drug-likeness (QED) is 0.879. The van der Waals surface area contributed by atoms with E-state index in [9.17, 15) is 4.79 Å². The van der Waals surface area contributed by atoms with Gasteiger partial charge in [0.15, 0.2) is 0 Å². The van der Waals surface area contributed by atoms with Crippen molar-refractivity contribution in [2.45, 2.75) is 6.10 Å². The lowest BCUT2D eigenvalue weighted by atomic mass is 10.1. The second-order valence-corrected chi connectivity index (χ2v) is 4.03. The average Bonchev–Trinajstić information content (AvgIpc) is 2.66. The molecule has 0 radical (unpaired) electrons. The van der Waals surface area contributed by atoms with E-state index in [0.717, 1.165) is 0 Å². The van der Waals surface area contributed by atoms with Crippen LogP contribution in [0, 0.1) is 5.92 Å². The summed E-state index contributed by atoms with van der Waals surface area (Å²) in [6, 6.07) is 6.87. The molecule has 1 N–H and O–H groups in total. The normalized spacial score (nSPS) is 24.3. The van der Waals surface area contributed by atoms with E-state index in [-0.39, 0.29) is 6.61 Å². The first-order chi connectivity index (χ1) is 7.66. The van der Waals surface area contributed by atoms with Gasteiger partial charge in [0, 0.05) is 5.02 Å². The molecule has 0 aliphatic carbocycles. The first kappa shape index (κ1) is 11.2. The molecule has 0 saturated carbocycles. The van der Waals surface area contributed by atoms with Crippen LogP contribution in [0.25, 0.3) is 0 Å². The summed E-state index contributed by atoms with van der Waals surface area (Å²) >= 11 is 5.80. The van der Waals surface area contributed by atoms with Crippen LogP contribution in [-0.2, 0) is 9.53 Å². The van der Waals surface area contributed by atoms with Gasteiger partial charge in [-0.05, 0) is 18.2 Å². The molecule has 0 spiro atoms. The van der Waals surface area contributed by atoms with Gasteiger partial charge < -0.3 is 14.6 Å². The number of carboxylic acid groups (broad SMARTS) is 1. The van der Waals surface area contributed by atoms with Crippen LogP contribution in [-0.4, -0.2) is 30.4 Å². The zero-order chi connectivity index (χ0) is 11.5. The number of rotatable bonds is 3. The highest BCUT2D eigenvalue weighted by atomic mass is 35.5. The molecule has 1 saturated heterocycles. The fourth-order valence-electron chi connectivity index (χ4n) is 1.60. The lowest BCUT2D eigenvalue weighted by Gasteiger charge is -2.16.